The molecule has 0 saturated carbocycles. The van der Waals surface area contributed by atoms with Crippen molar-refractivity contribution in [1.29, 1.82) is 0 Å². The average Bonchev–Trinajstić information content (AvgIpc) is 2.82. The molecule has 4 heteroatoms. The summed E-state index contributed by atoms with van der Waals surface area (Å²) in [6, 6.07) is 7.96. The first-order valence-electron chi connectivity index (χ1n) is 7.02. The molecular weight excluding hydrogens is 252 g/mol. The van der Waals surface area contributed by atoms with Crippen molar-refractivity contribution < 1.29 is 9.26 Å². The van der Waals surface area contributed by atoms with Crippen LogP contribution in [-0.2, 0) is 6.54 Å². The summed E-state index contributed by atoms with van der Waals surface area (Å²) in [4.78, 5) is 0. The van der Waals surface area contributed by atoms with Gasteiger partial charge in [0.2, 0.25) is 0 Å². The minimum Gasteiger partial charge on any atom is -0.491 e. The molecule has 2 rings (SSSR count). The molecule has 0 amide bonds. The van der Waals surface area contributed by atoms with Crippen molar-refractivity contribution in [2.45, 2.75) is 39.8 Å². The Morgan fingerprint density at radius 3 is 2.60 bits per heavy atom. The van der Waals surface area contributed by atoms with Gasteiger partial charge in [-0.05, 0) is 51.6 Å². The van der Waals surface area contributed by atoms with Crippen LogP contribution in [0.25, 0.3) is 11.3 Å². The van der Waals surface area contributed by atoms with Gasteiger partial charge in [-0.25, -0.2) is 0 Å². The van der Waals surface area contributed by atoms with Crippen LogP contribution < -0.4 is 10.1 Å². The van der Waals surface area contributed by atoms with Gasteiger partial charge in [-0.3, -0.25) is 0 Å². The molecule has 108 valence electrons. The van der Waals surface area contributed by atoms with Crippen molar-refractivity contribution in [2.24, 2.45) is 0 Å². The van der Waals surface area contributed by atoms with Gasteiger partial charge in [0.25, 0.3) is 0 Å². The third-order valence-electron chi connectivity index (χ3n) is 3.39. The summed E-state index contributed by atoms with van der Waals surface area (Å²) in [5, 5.41) is 7.18. The second kappa shape index (κ2) is 6.57. The third-order valence-corrected chi connectivity index (χ3v) is 3.39. The molecule has 0 aliphatic heterocycles. The molecule has 0 spiro atoms. The fourth-order valence-corrected chi connectivity index (χ4v) is 1.97. The van der Waals surface area contributed by atoms with Crippen LogP contribution in [0.5, 0.6) is 5.75 Å². The van der Waals surface area contributed by atoms with E-state index < -0.39 is 0 Å². The van der Waals surface area contributed by atoms with Crippen LogP contribution in [0.2, 0.25) is 0 Å². The average molecular weight is 274 g/mol. The number of aromatic nitrogens is 1. The first-order valence-corrected chi connectivity index (χ1v) is 7.02. The largest absolute Gasteiger partial charge is 0.491 e. The van der Waals surface area contributed by atoms with E-state index in [0.29, 0.717) is 6.54 Å². The molecule has 1 unspecified atom stereocenters. The van der Waals surface area contributed by atoms with Crippen molar-refractivity contribution in [1.82, 2.24) is 10.5 Å². The van der Waals surface area contributed by atoms with Crippen molar-refractivity contribution in [3.05, 3.63) is 35.5 Å². The summed E-state index contributed by atoms with van der Waals surface area (Å²) < 4.78 is 11.2. The highest BCUT2D eigenvalue weighted by Crippen LogP contribution is 2.27. The van der Waals surface area contributed by atoms with Gasteiger partial charge in [0.1, 0.15) is 11.4 Å². The summed E-state index contributed by atoms with van der Waals surface area (Å²) in [5.41, 5.74) is 3.05. The molecule has 0 aliphatic carbocycles. The van der Waals surface area contributed by atoms with Crippen molar-refractivity contribution in [2.75, 3.05) is 7.05 Å². The molecule has 0 bridgehead atoms. The Morgan fingerprint density at radius 1 is 1.30 bits per heavy atom. The number of benzene rings is 1. The summed E-state index contributed by atoms with van der Waals surface area (Å²) in [6.07, 6.45) is 1.23. The van der Waals surface area contributed by atoms with E-state index in [2.05, 4.69) is 24.3 Å². The molecular formula is C16H22N2O2. The Labute approximate surface area is 120 Å². The smallest absolute Gasteiger partial charge is 0.170 e. The van der Waals surface area contributed by atoms with E-state index in [4.69, 9.17) is 9.26 Å². The normalized spacial score (nSPS) is 12.4. The minimum atomic E-state index is 0.232. The first kappa shape index (κ1) is 14.6. The highest BCUT2D eigenvalue weighted by Gasteiger charge is 2.13. The molecule has 1 heterocycles. The molecule has 1 atom stereocenters. The molecule has 1 aromatic heterocycles. The Balaban J connectivity index is 2.17. The van der Waals surface area contributed by atoms with E-state index in [-0.39, 0.29) is 6.10 Å². The molecule has 20 heavy (non-hydrogen) atoms. The van der Waals surface area contributed by atoms with Crippen molar-refractivity contribution in [3.63, 3.8) is 0 Å². The fourth-order valence-electron chi connectivity index (χ4n) is 1.97. The van der Waals surface area contributed by atoms with Crippen LogP contribution in [0.3, 0.4) is 0 Å². The Kier molecular flexibility index (Phi) is 4.79. The second-order valence-corrected chi connectivity index (χ2v) is 4.97. The molecule has 0 radical (unpaired) electrons. The standard InChI is InChI=1S/C16H22N2O2/c1-5-11(2)19-14-8-6-13(7-9-14)16-12(3)15(10-17-4)18-20-16/h6-9,11,17H,5,10H2,1-4H3. The van der Waals surface area contributed by atoms with Crippen molar-refractivity contribution >= 4 is 0 Å². The molecule has 4 nitrogen and oxygen atoms in total. The zero-order chi connectivity index (χ0) is 14.5. The van der Waals surface area contributed by atoms with E-state index in [0.717, 1.165) is 34.8 Å². The van der Waals surface area contributed by atoms with Crippen LogP contribution in [0.1, 0.15) is 31.5 Å². The van der Waals surface area contributed by atoms with Crippen molar-refractivity contribution in [3.8, 4) is 17.1 Å². The molecule has 1 N–H and O–H groups in total. The zero-order valence-electron chi connectivity index (χ0n) is 12.6. The molecule has 0 aliphatic rings. The summed E-state index contributed by atoms with van der Waals surface area (Å²) in [5.74, 6) is 1.71. The van der Waals surface area contributed by atoms with E-state index >= 15 is 0 Å². The van der Waals surface area contributed by atoms with E-state index in [9.17, 15) is 0 Å². The molecule has 0 saturated heterocycles. The quantitative estimate of drug-likeness (QED) is 0.875. The van der Waals surface area contributed by atoms with Gasteiger partial charge in [0, 0.05) is 17.7 Å². The van der Waals surface area contributed by atoms with Gasteiger partial charge in [0.05, 0.1) is 6.10 Å². The highest BCUT2D eigenvalue weighted by atomic mass is 16.5. The monoisotopic (exact) mass is 274 g/mol. The van der Waals surface area contributed by atoms with Gasteiger partial charge >= 0.3 is 0 Å². The SMILES string of the molecule is CCC(C)Oc1ccc(-c2onc(CNC)c2C)cc1. The fraction of sp³-hybridized carbons (Fsp3) is 0.438. The van der Waals surface area contributed by atoms with Gasteiger partial charge in [0.15, 0.2) is 5.76 Å². The number of hydrogen-bond donors (Lipinski definition) is 1. The lowest BCUT2D eigenvalue weighted by molar-refractivity contribution is 0.217. The number of rotatable bonds is 6. The van der Waals surface area contributed by atoms with Gasteiger partial charge in [-0.2, -0.15) is 0 Å². The number of nitrogens with one attached hydrogen (secondary N) is 1. The summed E-state index contributed by atoms with van der Waals surface area (Å²) in [6.45, 7) is 6.92. The van der Waals surface area contributed by atoms with Crippen LogP contribution in [-0.4, -0.2) is 18.3 Å². The van der Waals surface area contributed by atoms with Gasteiger partial charge < -0.3 is 14.6 Å². The lowest BCUT2D eigenvalue weighted by Gasteiger charge is -2.12. The van der Waals surface area contributed by atoms with Crippen LogP contribution >= 0.6 is 0 Å². The number of hydrogen-bond acceptors (Lipinski definition) is 4. The van der Waals surface area contributed by atoms with Crippen LogP contribution in [0.4, 0.5) is 0 Å². The number of ether oxygens (including phenoxy) is 1. The second-order valence-electron chi connectivity index (χ2n) is 4.97. The zero-order valence-corrected chi connectivity index (χ0v) is 12.6. The lowest BCUT2D eigenvalue weighted by Crippen LogP contribution is -2.09. The molecule has 0 fully saturated rings. The van der Waals surface area contributed by atoms with Crippen LogP contribution in [0, 0.1) is 6.92 Å². The Bertz CT molecular complexity index is 546. The third kappa shape index (κ3) is 3.20. The maximum atomic E-state index is 5.77. The first-order chi connectivity index (χ1) is 9.65. The van der Waals surface area contributed by atoms with E-state index in [1.54, 1.807) is 0 Å². The van der Waals surface area contributed by atoms with Crippen LogP contribution in [0.15, 0.2) is 28.8 Å². The maximum Gasteiger partial charge on any atom is 0.170 e. The number of nitrogens with zero attached hydrogens (tertiary/aromatic N) is 1. The predicted molar refractivity (Wildman–Crippen MR) is 79.8 cm³/mol. The van der Waals surface area contributed by atoms with E-state index in [1.807, 2.05) is 38.2 Å². The minimum absolute atomic E-state index is 0.232. The maximum absolute atomic E-state index is 5.77. The Hall–Kier alpha value is -1.81. The molecule has 2 aromatic rings. The lowest BCUT2D eigenvalue weighted by atomic mass is 10.1. The highest BCUT2D eigenvalue weighted by molar-refractivity contribution is 5.62. The summed E-state index contributed by atoms with van der Waals surface area (Å²) >= 11 is 0. The van der Waals surface area contributed by atoms with Gasteiger partial charge in [-0.1, -0.05) is 12.1 Å². The Morgan fingerprint density at radius 2 is 2.00 bits per heavy atom. The molecule has 1 aromatic carbocycles. The van der Waals surface area contributed by atoms with E-state index in [1.165, 1.54) is 0 Å². The predicted octanol–water partition coefficient (Wildman–Crippen LogP) is 3.55. The summed E-state index contributed by atoms with van der Waals surface area (Å²) in [7, 11) is 1.90. The topological polar surface area (TPSA) is 47.3 Å². The van der Waals surface area contributed by atoms with Gasteiger partial charge in [-0.15, -0.1) is 0 Å².